The Morgan fingerprint density at radius 2 is 1.90 bits per heavy atom. The number of hydrogen-bond acceptors (Lipinski definition) is 4. The number of nitrogens with zero attached hydrogens (tertiary/aromatic N) is 2. The quantitative estimate of drug-likeness (QED) is 0.327. The van der Waals surface area contributed by atoms with Crippen LogP contribution in [0.5, 0.6) is 11.5 Å². The van der Waals surface area contributed by atoms with E-state index in [0.717, 1.165) is 32.7 Å². The first kappa shape index (κ1) is 21.0. The van der Waals surface area contributed by atoms with E-state index in [9.17, 15) is 5.26 Å². The van der Waals surface area contributed by atoms with Gasteiger partial charge in [-0.25, -0.2) is 4.98 Å². The zero-order valence-corrected chi connectivity index (χ0v) is 18.9. The summed E-state index contributed by atoms with van der Waals surface area (Å²) in [6.07, 6.45) is 1.84. The maximum Gasteiger partial charge on any atom is 0.138 e. The van der Waals surface area contributed by atoms with Crippen LogP contribution in [0, 0.1) is 11.3 Å². The molecule has 154 valence electrons. The van der Waals surface area contributed by atoms with Crippen LogP contribution in [0.2, 0.25) is 5.02 Å². The third-order valence-electron chi connectivity index (χ3n) is 4.73. The molecular weight excluding hydrogens is 478 g/mol. The number of imidazole rings is 1. The van der Waals surface area contributed by atoms with Crippen LogP contribution in [-0.2, 0) is 6.61 Å². The van der Waals surface area contributed by atoms with Gasteiger partial charge in [0.2, 0.25) is 0 Å². The average Bonchev–Trinajstić information content (AvgIpc) is 3.28. The molecule has 0 aliphatic heterocycles. The van der Waals surface area contributed by atoms with Crippen molar-refractivity contribution in [3.05, 3.63) is 87.5 Å². The summed E-state index contributed by atoms with van der Waals surface area (Å²) in [6.45, 7) is 0.280. The molecule has 0 saturated heterocycles. The van der Waals surface area contributed by atoms with Gasteiger partial charge in [0.25, 0.3) is 0 Å². The summed E-state index contributed by atoms with van der Waals surface area (Å²) >= 11 is 9.35. The number of methoxy groups -OCH3 is 1. The largest absolute Gasteiger partial charge is 0.496 e. The van der Waals surface area contributed by atoms with E-state index in [4.69, 9.17) is 21.1 Å². The monoisotopic (exact) mass is 493 g/mol. The minimum atomic E-state index is 0.280. The Kier molecular flexibility index (Phi) is 6.26. The van der Waals surface area contributed by atoms with Gasteiger partial charge in [0.1, 0.15) is 23.9 Å². The SMILES string of the molecule is COc1cc(OCc2ccc(Br)cc2C#N)ccc1-c1c[nH]c(-c2ccc(Cl)cc2)n1. The molecule has 31 heavy (non-hydrogen) atoms. The highest BCUT2D eigenvalue weighted by Gasteiger charge is 2.13. The lowest BCUT2D eigenvalue weighted by Gasteiger charge is -2.11. The third kappa shape index (κ3) is 4.74. The normalized spacial score (nSPS) is 10.5. The van der Waals surface area contributed by atoms with Crippen LogP contribution in [0.25, 0.3) is 22.6 Å². The number of nitrogens with one attached hydrogen (secondary N) is 1. The van der Waals surface area contributed by atoms with Gasteiger partial charge >= 0.3 is 0 Å². The van der Waals surface area contributed by atoms with Crippen LogP contribution in [0.1, 0.15) is 11.1 Å². The lowest BCUT2D eigenvalue weighted by atomic mass is 10.1. The molecule has 0 spiro atoms. The standard InChI is InChI=1S/C24H17BrClN3O2/c1-30-23-11-20(31-14-16-2-5-18(25)10-17(16)12-27)8-9-21(23)22-13-28-24(29-22)15-3-6-19(26)7-4-15/h2-11,13H,14H2,1H3,(H,28,29). The van der Waals surface area contributed by atoms with Gasteiger partial charge in [-0.15, -0.1) is 0 Å². The van der Waals surface area contributed by atoms with E-state index in [2.05, 4.69) is 32.0 Å². The molecule has 0 aliphatic carbocycles. The Bertz CT molecular complexity index is 1260. The van der Waals surface area contributed by atoms with E-state index in [0.29, 0.717) is 22.1 Å². The smallest absolute Gasteiger partial charge is 0.138 e. The van der Waals surface area contributed by atoms with Crippen molar-refractivity contribution in [3.8, 4) is 40.2 Å². The van der Waals surface area contributed by atoms with Gasteiger partial charge < -0.3 is 14.5 Å². The van der Waals surface area contributed by atoms with Gasteiger partial charge in [0.15, 0.2) is 0 Å². The predicted octanol–water partition coefficient (Wildman–Crippen LogP) is 6.62. The predicted molar refractivity (Wildman–Crippen MR) is 124 cm³/mol. The molecule has 0 saturated carbocycles. The Labute approximate surface area is 193 Å². The number of ether oxygens (including phenoxy) is 2. The van der Waals surface area contributed by atoms with Gasteiger partial charge in [-0.3, -0.25) is 0 Å². The highest BCUT2D eigenvalue weighted by atomic mass is 79.9. The van der Waals surface area contributed by atoms with E-state index in [1.54, 1.807) is 13.2 Å². The number of aromatic amines is 1. The molecule has 0 bridgehead atoms. The second-order valence-corrected chi connectivity index (χ2v) is 8.06. The first-order valence-electron chi connectivity index (χ1n) is 9.38. The van der Waals surface area contributed by atoms with Gasteiger partial charge in [-0.2, -0.15) is 5.26 Å². The van der Waals surface area contributed by atoms with Crippen molar-refractivity contribution in [2.24, 2.45) is 0 Å². The Morgan fingerprint density at radius 3 is 2.65 bits per heavy atom. The molecule has 0 radical (unpaired) electrons. The fraction of sp³-hybridized carbons (Fsp3) is 0.0833. The molecule has 7 heteroatoms. The molecule has 3 aromatic carbocycles. The number of H-pyrrole nitrogens is 1. The fourth-order valence-electron chi connectivity index (χ4n) is 3.13. The summed E-state index contributed by atoms with van der Waals surface area (Å²) in [7, 11) is 1.61. The van der Waals surface area contributed by atoms with Crippen molar-refractivity contribution >= 4 is 27.5 Å². The molecule has 0 unspecified atom stereocenters. The van der Waals surface area contributed by atoms with Crippen molar-refractivity contribution in [2.75, 3.05) is 7.11 Å². The highest BCUT2D eigenvalue weighted by molar-refractivity contribution is 9.10. The number of halogens is 2. The fourth-order valence-corrected chi connectivity index (χ4v) is 3.62. The van der Waals surface area contributed by atoms with E-state index >= 15 is 0 Å². The molecule has 0 amide bonds. The molecular formula is C24H17BrClN3O2. The van der Waals surface area contributed by atoms with Crippen LogP contribution < -0.4 is 9.47 Å². The number of hydrogen-bond donors (Lipinski definition) is 1. The maximum atomic E-state index is 9.32. The third-order valence-corrected chi connectivity index (χ3v) is 5.48. The molecule has 0 atom stereocenters. The van der Waals surface area contributed by atoms with E-state index in [1.165, 1.54) is 0 Å². The number of rotatable bonds is 6. The summed E-state index contributed by atoms with van der Waals surface area (Å²) in [5.74, 6) is 2.03. The molecule has 4 rings (SSSR count). The van der Waals surface area contributed by atoms with Gasteiger partial charge in [0, 0.05) is 38.4 Å². The van der Waals surface area contributed by atoms with Crippen LogP contribution in [0.3, 0.4) is 0 Å². The van der Waals surface area contributed by atoms with Crippen molar-refractivity contribution in [1.82, 2.24) is 9.97 Å². The summed E-state index contributed by atoms with van der Waals surface area (Å²) in [5, 5.41) is 10.00. The second kappa shape index (κ2) is 9.25. The Morgan fingerprint density at radius 1 is 1.10 bits per heavy atom. The van der Waals surface area contributed by atoms with E-state index in [1.807, 2.05) is 60.8 Å². The lowest BCUT2D eigenvalue weighted by Crippen LogP contribution is -1.99. The molecule has 0 aliphatic rings. The van der Waals surface area contributed by atoms with E-state index in [-0.39, 0.29) is 6.61 Å². The molecule has 4 aromatic rings. The molecule has 5 nitrogen and oxygen atoms in total. The Balaban J connectivity index is 1.55. The van der Waals surface area contributed by atoms with Crippen LogP contribution in [0.4, 0.5) is 0 Å². The van der Waals surface area contributed by atoms with Crippen LogP contribution >= 0.6 is 27.5 Å². The highest BCUT2D eigenvalue weighted by Crippen LogP contribution is 2.34. The van der Waals surface area contributed by atoms with Crippen molar-refractivity contribution < 1.29 is 9.47 Å². The summed E-state index contributed by atoms with van der Waals surface area (Å²) in [5.41, 5.74) is 3.93. The molecule has 0 fully saturated rings. The van der Waals surface area contributed by atoms with E-state index < -0.39 is 0 Å². The topological polar surface area (TPSA) is 70.9 Å². The lowest BCUT2D eigenvalue weighted by molar-refractivity contribution is 0.303. The molecule has 1 heterocycles. The number of benzene rings is 3. The van der Waals surface area contributed by atoms with Crippen molar-refractivity contribution in [1.29, 1.82) is 5.26 Å². The van der Waals surface area contributed by atoms with Gasteiger partial charge in [-0.05, 0) is 48.5 Å². The molecule has 1 aromatic heterocycles. The van der Waals surface area contributed by atoms with Crippen LogP contribution in [-0.4, -0.2) is 17.1 Å². The minimum Gasteiger partial charge on any atom is -0.496 e. The van der Waals surface area contributed by atoms with Crippen molar-refractivity contribution in [2.45, 2.75) is 6.61 Å². The van der Waals surface area contributed by atoms with Gasteiger partial charge in [-0.1, -0.05) is 33.6 Å². The van der Waals surface area contributed by atoms with Crippen LogP contribution in [0.15, 0.2) is 71.3 Å². The number of nitriles is 1. The first-order valence-corrected chi connectivity index (χ1v) is 10.6. The maximum absolute atomic E-state index is 9.32. The Hall–Kier alpha value is -3.27. The summed E-state index contributed by atoms with van der Waals surface area (Å²) in [6, 6.07) is 20.8. The zero-order valence-electron chi connectivity index (χ0n) is 16.5. The average molecular weight is 495 g/mol. The second-order valence-electron chi connectivity index (χ2n) is 6.71. The number of aromatic nitrogens is 2. The van der Waals surface area contributed by atoms with Gasteiger partial charge in [0.05, 0.1) is 24.4 Å². The molecule has 1 N–H and O–H groups in total. The first-order chi connectivity index (χ1) is 15.1. The summed E-state index contributed by atoms with van der Waals surface area (Å²) in [4.78, 5) is 7.88. The minimum absolute atomic E-state index is 0.280. The summed E-state index contributed by atoms with van der Waals surface area (Å²) < 4.78 is 12.3. The van der Waals surface area contributed by atoms with Crippen molar-refractivity contribution in [3.63, 3.8) is 0 Å². The zero-order chi connectivity index (χ0) is 21.8.